The summed E-state index contributed by atoms with van der Waals surface area (Å²) in [5.41, 5.74) is 8.94. The predicted octanol–water partition coefficient (Wildman–Crippen LogP) is 3.20. The summed E-state index contributed by atoms with van der Waals surface area (Å²) in [6, 6.07) is 17.2. The number of primary amides is 1. The molecule has 146 valence electrons. The smallest absolute Gasteiger partial charge is 0.290 e. The Labute approximate surface area is 167 Å². The van der Waals surface area contributed by atoms with E-state index in [1.807, 2.05) is 24.3 Å². The van der Waals surface area contributed by atoms with Crippen molar-refractivity contribution in [2.75, 3.05) is 0 Å². The number of rotatable bonds is 4. The van der Waals surface area contributed by atoms with Crippen LogP contribution in [-0.4, -0.2) is 28.5 Å². The molecule has 0 bridgehead atoms. The van der Waals surface area contributed by atoms with Gasteiger partial charge in [-0.3, -0.25) is 14.4 Å². The van der Waals surface area contributed by atoms with E-state index < -0.39 is 11.9 Å². The number of benzene rings is 2. The summed E-state index contributed by atoms with van der Waals surface area (Å²) < 4.78 is 5.77. The van der Waals surface area contributed by atoms with Gasteiger partial charge in [0.2, 0.25) is 5.91 Å². The molecule has 0 spiro atoms. The van der Waals surface area contributed by atoms with Gasteiger partial charge in [-0.05, 0) is 30.2 Å². The fraction of sp³-hybridized carbons (Fsp3) is 0.174. The van der Waals surface area contributed by atoms with Crippen LogP contribution in [0.1, 0.15) is 39.0 Å². The Morgan fingerprint density at radius 1 is 0.966 bits per heavy atom. The standard InChI is InChI=1S/C23H20N2O4/c1-14(26)15-6-8-16(9-7-15)20-10-11-21(29-20)23(28)25-13-18-5-3-2-4-17(18)12-19(25)22(24)27/h2-11,19H,12-13H2,1H3,(H2,24,27)/t19-/m0/s1. The number of fused-ring (bicyclic) bond motifs is 1. The molecule has 1 aliphatic heterocycles. The lowest BCUT2D eigenvalue weighted by Gasteiger charge is -2.34. The van der Waals surface area contributed by atoms with Crippen molar-refractivity contribution >= 4 is 17.6 Å². The fourth-order valence-corrected chi connectivity index (χ4v) is 3.61. The maximum atomic E-state index is 13.1. The van der Waals surface area contributed by atoms with Crippen molar-refractivity contribution in [3.8, 4) is 11.3 Å². The van der Waals surface area contributed by atoms with E-state index >= 15 is 0 Å². The Kier molecular flexibility index (Phi) is 4.76. The summed E-state index contributed by atoms with van der Waals surface area (Å²) in [7, 11) is 0. The van der Waals surface area contributed by atoms with Gasteiger partial charge in [0.1, 0.15) is 11.8 Å². The number of ketones is 1. The zero-order valence-electron chi connectivity index (χ0n) is 15.9. The highest BCUT2D eigenvalue weighted by Gasteiger charge is 2.35. The number of hydrogen-bond donors (Lipinski definition) is 1. The lowest BCUT2D eigenvalue weighted by molar-refractivity contribution is -0.122. The minimum atomic E-state index is -0.721. The second-order valence-corrected chi connectivity index (χ2v) is 7.12. The van der Waals surface area contributed by atoms with Crippen LogP contribution in [0.5, 0.6) is 0 Å². The third-order valence-electron chi connectivity index (χ3n) is 5.23. The molecule has 0 fully saturated rings. The van der Waals surface area contributed by atoms with Crippen molar-refractivity contribution in [2.45, 2.75) is 25.9 Å². The quantitative estimate of drug-likeness (QED) is 0.695. The molecule has 0 radical (unpaired) electrons. The van der Waals surface area contributed by atoms with Gasteiger partial charge in [0.25, 0.3) is 5.91 Å². The minimum absolute atomic E-state index is 0.0188. The number of furan rings is 1. The highest BCUT2D eigenvalue weighted by Crippen LogP contribution is 2.28. The van der Waals surface area contributed by atoms with Crippen LogP contribution in [0, 0.1) is 0 Å². The van der Waals surface area contributed by atoms with E-state index in [0.29, 0.717) is 24.3 Å². The van der Waals surface area contributed by atoms with E-state index in [1.54, 1.807) is 36.4 Å². The van der Waals surface area contributed by atoms with Gasteiger partial charge in [0.05, 0.1) is 0 Å². The van der Waals surface area contributed by atoms with Crippen molar-refractivity contribution in [3.63, 3.8) is 0 Å². The first kappa shape index (κ1) is 18.7. The minimum Gasteiger partial charge on any atom is -0.451 e. The van der Waals surface area contributed by atoms with Crippen LogP contribution in [-0.2, 0) is 17.8 Å². The van der Waals surface area contributed by atoms with Gasteiger partial charge in [-0.1, -0.05) is 48.5 Å². The molecular weight excluding hydrogens is 368 g/mol. The van der Waals surface area contributed by atoms with Gasteiger partial charge in [0, 0.05) is 24.1 Å². The van der Waals surface area contributed by atoms with E-state index in [-0.39, 0.29) is 17.5 Å². The Morgan fingerprint density at radius 2 is 1.66 bits per heavy atom. The molecule has 2 amide bonds. The van der Waals surface area contributed by atoms with E-state index in [9.17, 15) is 14.4 Å². The average molecular weight is 388 g/mol. The zero-order valence-corrected chi connectivity index (χ0v) is 15.9. The van der Waals surface area contributed by atoms with E-state index in [2.05, 4.69) is 0 Å². The molecule has 6 nitrogen and oxygen atoms in total. The van der Waals surface area contributed by atoms with Gasteiger partial charge in [-0.25, -0.2) is 0 Å². The highest BCUT2D eigenvalue weighted by molar-refractivity contribution is 5.96. The van der Waals surface area contributed by atoms with Gasteiger partial charge < -0.3 is 15.1 Å². The highest BCUT2D eigenvalue weighted by atomic mass is 16.4. The van der Waals surface area contributed by atoms with Gasteiger partial charge in [-0.15, -0.1) is 0 Å². The lowest BCUT2D eigenvalue weighted by atomic mass is 9.93. The summed E-state index contributed by atoms with van der Waals surface area (Å²) >= 11 is 0. The largest absolute Gasteiger partial charge is 0.451 e. The summed E-state index contributed by atoms with van der Waals surface area (Å²) in [4.78, 5) is 38.0. The van der Waals surface area contributed by atoms with Crippen LogP contribution >= 0.6 is 0 Å². The first-order valence-corrected chi connectivity index (χ1v) is 9.32. The third-order valence-corrected chi connectivity index (χ3v) is 5.23. The van der Waals surface area contributed by atoms with Gasteiger partial charge >= 0.3 is 0 Å². The summed E-state index contributed by atoms with van der Waals surface area (Å²) in [6.45, 7) is 1.80. The van der Waals surface area contributed by atoms with Crippen molar-refractivity contribution in [2.24, 2.45) is 5.73 Å². The molecule has 2 aromatic carbocycles. The SMILES string of the molecule is CC(=O)c1ccc(-c2ccc(C(=O)N3Cc4ccccc4C[C@H]3C(N)=O)o2)cc1. The van der Waals surface area contributed by atoms with Crippen LogP contribution in [0.2, 0.25) is 0 Å². The topological polar surface area (TPSA) is 93.6 Å². The number of amides is 2. The predicted molar refractivity (Wildman–Crippen MR) is 107 cm³/mol. The molecule has 4 rings (SSSR count). The van der Waals surface area contributed by atoms with Crippen LogP contribution in [0.25, 0.3) is 11.3 Å². The Balaban J connectivity index is 1.61. The number of carbonyl (C=O) groups excluding carboxylic acids is 3. The van der Waals surface area contributed by atoms with Crippen molar-refractivity contribution in [1.82, 2.24) is 4.90 Å². The Morgan fingerprint density at radius 3 is 2.31 bits per heavy atom. The second kappa shape index (κ2) is 7.39. The molecule has 2 heterocycles. The summed E-state index contributed by atoms with van der Waals surface area (Å²) in [5, 5.41) is 0. The molecule has 29 heavy (non-hydrogen) atoms. The molecule has 1 aromatic heterocycles. The number of Topliss-reactive ketones (excluding diaryl/α,β-unsaturated/α-hetero) is 1. The van der Waals surface area contributed by atoms with Crippen LogP contribution in [0.15, 0.2) is 65.1 Å². The third kappa shape index (κ3) is 3.57. The molecule has 6 heteroatoms. The van der Waals surface area contributed by atoms with E-state index in [1.165, 1.54) is 11.8 Å². The molecular formula is C23H20N2O4. The molecule has 0 aliphatic carbocycles. The maximum Gasteiger partial charge on any atom is 0.290 e. The Bertz CT molecular complexity index is 1100. The first-order chi connectivity index (χ1) is 13.9. The maximum absolute atomic E-state index is 13.1. The van der Waals surface area contributed by atoms with Crippen molar-refractivity contribution < 1.29 is 18.8 Å². The number of nitrogens with two attached hydrogens (primary N) is 1. The number of carbonyl (C=O) groups is 3. The zero-order chi connectivity index (χ0) is 20.5. The molecule has 1 aliphatic rings. The van der Waals surface area contributed by atoms with Crippen molar-refractivity contribution in [1.29, 1.82) is 0 Å². The molecule has 2 N–H and O–H groups in total. The Hall–Kier alpha value is -3.67. The molecule has 1 atom stereocenters. The molecule has 0 saturated carbocycles. The fourth-order valence-electron chi connectivity index (χ4n) is 3.61. The average Bonchev–Trinajstić information content (AvgIpc) is 3.22. The van der Waals surface area contributed by atoms with Gasteiger partial charge in [0.15, 0.2) is 11.5 Å². The lowest BCUT2D eigenvalue weighted by Crippen LogP contribution is -2.51. The van der Waals surface area contributed by atoms with Crippen LogP contribution in [0.3, 0.4) is 0 Å². The number of nitrogens with zero attached hydrogens (tertiary/aromatic N) is 1. The van der Waals surface area contributed by atoms with Gasteiger partial charge in [-0.2, -0.15) is 0 Å². The summed E-state index contributed by atoms with van der Waals surface area (Å²) in [5.74, 6) is -0.290. The molecule has 0 saturated heterocycles. The van der Waals surface area contributed by atoms with E-state index in [0.717, 1.165) is 16.7 Å². The van der Waals surface area contributed by atoms with Crippen LogP contribution in [0.4, 0.5) is 0 Å². The monoisotopic (exact) mass is 388 g/mol. The molecule has 0 unspecified atom stereocenters. The van der Waals surface area contributed by atoms with E-state index in [4.69, 9.17) is 10.2 Å². The second-order valence-electron chi connectivity index (χ2n) is 7.12. The van der Waals surface area contributed by atoms with Crippen molar-refractivity contribution in [3.05, 3.63) is 83.1 Å². The number of hydrogen-bond acceptors (Lipinski definition) is 4. The van der Waals surface area contributed by atoms with Crippen LogP contribution < -0.4 is 5.73 Å². The normalized spacial score (nSPS) is 15.6. The summed E-state index contributed by atoms with van der Waals surface area (Å²) in [6.07, 6.45) is 0.386. The first-order valence-electron chi connectivity index (χ1n) is 9.32. The molecule has 3 aromatic rings.